The first-order valence-electron chi connectivity index (χ1n) is 3.20. The summed E-state index contributed by atoms with van der Waals surface area (Å²) >= 11 is 0. The number of hydrogen-bond acceptors (Lipinski definition) is 3. The van der Waals surface area contributed by atoms with E-state index >= 15 is 0 Å². The standard InChI is InChI=1S/C7H7NO3P.Y/c9-8(10)7-3-1-2-6(4-7)5-11-12;/h1-2,4H,5,12H2;/q-1;. The number of nitro benzene ring substituents is 1. The predicted molar refractivity (Wildman–Crippen MR) is 46.4 cm³/mol. The Kier molecular flexibility index (Phi) is 6.61. The minimum atomic E-state index is -0.480. The summed E-state index contributed by atoms with van der Waals surface area (Å²) in [6.45, 7) is 0.347. The maximum Gasteiger partial charge on any atom is 0.162 e. The third-order valence-corrected chi connectivity index (χ3v) is 1.46. The molecule has 0 saturated carbocycles. The van der Waals surface area contributed by atoms with Gasteiger partial charge < -0.3 is 4.52 Å². The number of nitrogens with zero attached hydrogens (tertiary/aromatic N) is 1. The summed E-state index contributed by atoms with van der Waals surface area (Å²) in [4.78, 5) is 9.81. The Morgan fingerprint density at radius 3 is 2.92 bits per heavy atom. The molecule has 0 aromatic heterocycles. The molecule has 1 aromatic rings. The van der Waals surface area contributed by atoms with Crippen LogP contribution in [0.1, 0.15) is 5.56 Å². The van der Waals surface area contributed by atoms with Crippen LogP contribution in [-0.2, 0) is 43.8 Å². The molecule has 1 rings (SSSR count). The molecule has 4 nitrogen and oxygen atoms in total. The Morgan fingerprint density at radius 2 is 2.38 bits per heavy atom. The van der Waals surface area contributed by atoms with Crippen LogP contribution in [-0.4, -0.2) is 4.92 Å². The van der Waals surface area contributed by atoms with Crippen molar-refractivity contribution in [1.29, 1.82) is 0 Å². The summed E-state index contributed by atoms with van der Waals surface area (Å²) in [5, 5.41) is 10.3. The summed E-state index contributed by atoms with van der Waals surface area (Å²) in [6.07, 6.45) is 0. The van der Waals surface area contributed by atoms with Crippen molar-refractivity contribution in [1.82, 2.24) is 0 Å². The van der Waals surface area contributed by atoms with E-state index < -0.39 is 4.92 Å². The van der Waals surface area contributed by atoms with E-state index in [1.165, 1.54) is 12.1 Å². The predicted octanol–water partition coefficient (Wildman–Crippen LogP) is 1.70. The minimum Gasteiger partial charge on any atom is -0.363 e. The van der Waals surface area contributed by atoms with Crippen LogP contribution in [0.25, 0.3) is 0 Å². The summed E-state index contributed by atoms with van der Waals surface area (Å²) in [7, 11) is 2.09. The summed E-state index contributed by atoms with van der Waals surface area (Å²) in [5.74, 6) is 0. The molecule has 0 aliphatic rings. The summed E-state index contributed by atoms with van der Waals surface area (Å²) < 4.78 is 4.74. The Morgan fingerprint density at radius 1 is 1.69 bits per heavy atom. The summed E-state index contributed by atoms with van der Waals surface area (Å²) in [6, 6.07) is 7.17. The SMILES string of the molecule is O=[N+]([O-])c1[c-]ccc(COP)c1.[Y]. The Bertz CT molecular complexity index is 295. The molecule has 0 spiro atoms. The second kappa shape index (κ2) is 6.55. The van der Waals surface area contributed by atoms with Gasteiger partial charge in [-0.2, -0.15) is 12.1 Å². The van der Waals surface area contributed by atoms with E-state index in [4.69, 9.17) is 4.52 Å². The molecule has 1 aromatic carbocycles. The van der Waals surface area contributed by atoms with Crippen molar-refractivity contribution in [3.8, 4) is 0 Å². The molecule has 6 heteroatoms. The first-order valence-corrected chi connectivity index (χ1v) is 3.68. The fourth-order valence-electron chi connectivity index (χ4n) is 0.791. The van der Waals surface area contributed by atoms with E-state index in [-0.39, 0.29) is 38.4 Å². The largest absolute Gasteiger partial charge is 0.363 e. The second-order valence-electron chi connectivity index (χ2n) is 2.15. The maximum absolute atomic E-state index is 10.3. The molecule has 0 heterocycles. The number of non-ortho nitro benzene ring substituents is 1. The molecule has 0 amide bonds. The molecule has 1 radical (unpaired) electrons. The van der Waals surface area contributed by atoms with Gasteiger partial charge in [0.2, 0.25) is 0 Å². The Labute approximate surface area is 103 Å². The molecule has 0 aliphatic carbocycles. The smallest absolute Gasteiger partial charge is 0.162 e. The van der Waals surface area contributed by atoms with Gasteiger partial charge in [-0.3, -0.25) is 10.1 Å². The van der Waals surface area contributed by atoms with E-state index in [2.05, 4.69) is 15.5 Å². The van der Waals surface area contributed by atoms with Gasteiger partial charge in [0, 0.05) is 47.1 Å². The van der Waals surface area contributed by atoms with E-state index in [1.807, 2.05) is 0 Å². The van der Waals surface area contributed by atoms with E-state index in [0.717, 1.165) is 5.56 Å². The molecule has 1 atom stereocenters. The van der Waals surface area contributed by atoms with Gasteiger partial charge >= 0.3 is 0 Å². The summed E-state index contributed by atoms with van der Waals surface area (Å²) in [5.41, 5.74) is 0.727. The van der Waals surface area contributed by atoms with Crippen molar-refractivity contribution in [3.05, 3.63) is 39.9 Å². The van der Waals surface area contributed by atoms with Crippen LogP contribution in [0.2, 0.25) is 0 Å². The van der Waals surface area contributed by atoms with Crippen LogP contribution in [0.3, 0.4) is 0 Å². The number of hydrogen-bond donors (Lipinski definition) is 0. The number of benzene rings is 1. The van der Waals surface area contributed by atoms with Gasteiger partial charge in [-0.15, -0.1) is 11.6 Å². The van der Waals surface area contributed by atoms with Crippen LogP contribution < -0.4 is 0 Å². The van der Waals surface area contributed by atoms with E-state index in [0.29, 0.717) is 6.61 Å². The van der Waals surface area contributed by atoms with Crippen LogP contribution in [0.15, 0.2) is 18.2 Å². The zero-order valence-corrected chi connectivity index (χ0v) is 10.8. The van der Waals surface area contributed by atoms with Crippen LogP contribution >= 0.6 is 9.47 Å². The van der Waals surface area contributed by atoms with Crippen molar-refractivity contribution >= 4 is 15.2 Å². The van der Waals surface area contributed by atoms with Crippen LogP contribution in [0.4, 0.5) is 5.69 Å². The van der Waals surface area contributed by atoms with E-state index in [9.17, 15) is 10.1 Å². The molecule has 67 valence electrons. The molecule has 0 aliphatic heterocycles. The molecule has 13 heavy (non-hydrogen) atoms. The fourth-order valence-corrected chi connectivity index (χ4v) is 0.983. The first kappa shape index (κ1) is 13.1. The average Bonchev–Trinajstić information content (AvgIpc) is 2.05. The minimum absolute atomic E-state index is 0. The van der Waals surface area contributed by atoms with Crippen molar-refractivity contribution in [2.75, 3.05) is 0 Å². The van der Waals surface area contributed by atoms with Crippen LogP contribution in [0.5, 0.6) is 0 Å². The van der Waals surface area contributed by atoms with Gasteiger partial charge in [0.05, 0.1) is 6.61 Å². The molecule has 0 fully saturated rings. The Balaban J connectivity index is 0.00000144. The van der Waals surface area contributed by atoms with Crippen molar-refractivity contribution < 1.29 is 42.2 Å². The molecule has 0 saturated heterocycles. The van der Waals surface area contributed by atoms with Crippen LogP contribution in [0, 0.1) is 16.2 Å². The third-order valence-electron chi connectivity index (χ3n) is 1.30. The van der Waals surface area contributed by atoms with Gasteiger partial charge in [0.15, 0.2) is 5.69 Å². The maximum atomic E-state index is 10.3. The van der Waals surface area contributed by atoms with Crippen molar-refractivity contribution in [2.24, 2.45) is 0 Å². The second-order valence-corrected chi connectivity index (χ2v) is 2.48. The number of rotatable bonds is 3. The van der Waals surface area contributed by atoms with Gasteiger partial charge in [-0.05, 0) is 0 Å². The fraction of sp³-hybridized carbons (Fsp3) is 0.143. The molecule has 1 unspecified atom stereocenters. The Hall–Kier alpha value is 0.114. The van der Waals surface area contributed by atoms with Gasteiger partial charge in [-0.1, -0.05) is 6.07 Å². The molecule has 0 bridgehead atoms. The molecular formula is C7H7NO3PY-. The van der Waals surface area contributed by atoms with Gasteiger partial charge in [0.25, 0.3) is 0 Å². The molecule has 0 N–H and O–H groups in total. The van der Waals surface area contributed by atoms with Gasteiger partial charge in [-0.25, -0.2) is 0 Å². The zero-order valence-electron chi connectivity index (χ0n) is 6.77. The first-order chi connectivity index (χ1) is 5.74. The number of nitro groups is 1. The topological polar surface area (TPSA) is 52.4 Å². The average molecular weight is 273 g/mol. The van der Waals surface area contributed by atoms with E-state index in [1.54, 1.807) is 6.07 Å². The zero-order chi connectivity index (χ0) is 8.97. The molecular weight excluding hydrogens is 266 g/mol. The third kappa shape index (κ3) is 4.23. The monoisotopic (exact) mass is 273 g/mol. The normalized spacial score (nSPS) is 9.00. The van der Waals surface area contributed by atoms with Crippen molar-refractivity contribution in [3.63, 3.8) is 0 Å². The van der Waals surface area contributed by atoms with Gasteiger partial charge in [0.1, 0.15) is 0 Å². The quantitative estimate of drug-likeness (QED) is 0.364. The van der Waals surface area contributed by atoms with Crippen molar-refractivity contribution in [2.45, 2.75) is 6.61 Å².